The van der Waals surface area contributed by atoms with E-state index in [0.29, 0.717) is 33.7 Å². The van der Waals surface area contributed by atoms with E-state index in [0.717, 1.165) is 0 Å². The van der Waals surface area contributed by atoms with E-state index in [1.807, 2.05) is 32.2 Å². The topological polar surface area (TPSA) is 107 Å². The van der Waals surface area contributed by atoms with Crippen LogP contribution in [0.1, 0.15) is 36.1 Å². The molecule has 10 heteroatoms. The highest BCUT2D eigenvalue weighted by atomic mass is 32.2. The lowest BCUT2D eigenvalue weighted by Gasteiger charge is -2.15. The predicted molar refractivity (Wildman–Crippen MR) is 120 cm³/mol. The maximum atomic E-state index is 12.7. The molecular weight excluding hydrogens is 430 g/mol. The molecule has 0 aliphatic carbocycles. The minimum atomic E-state index is -0.426. The Morgan fingerprint density at radius 2 is 1.81 bits per heavy atom. The number of aromatic nitrogens is 3. The van der Waals surface area contributed by atoms with Crippen molar-refractivity contribution in [3.63, 3.8) is 0 Å². The van der Waals surface area contributed by atoms with Gasteiger partial charge in [-0.15, -0.1) is 10.2 Å². The van der Waals surface area contributed by atoms with Gasteiger partial charge in [-0.2, -0.15) is 0 Å². The summed E-state index contributed by atoms with van der Waals surface area (Å²) in [6.07, 6.45) is 0. The number of thioether (sulfide) groups is 1. The largest absolute Gasteiger partial charge is 0.454 e. The molecule has 166 valence electrons. The number of nitrogens with one attached hydrogen (secondary N) is 2. The fourth-order valence-corrected chi connectivity index (χ4v) is 3.99. The van der Waals surface area contributed by atoms with Crippen molar-refractivity contribution in [3.05, 3.63) is 59.9 Å². The molecule has 2 amide bonds. The molecule has 0 saturated carbocycles. The van der Waals surface area contributed by atoms with E-state index in [9.17, 15) is 9.59 Å². The first kappa shape index (κ1) is 21.7. The Morgan fingerprint density at radius 1 is 1.06 bits per heavy atom. The summed E-state index contributed by atoms with van der Waals surface area (Å²) in [7, 11) is 1.81. The highest BCUT2D eigenvalue weighted by Gasteiger charge is 2.23. The van der Waals surface area contributed by atoms with Crippen molar-refractivity contribution in [1.29, 1.82) is 0 Å². The smallest absolute Gasteiger partial charge is 0.251 e. The number of carbonyl (C=O) groups excluding carboxylic acids is 2. The molecule has 1 aromatic heterocycles. The highest BCUT2D eigenvalue weighted by molar-refractivity contribution is 8.00. The number of benzene rings is 2. The fourth-order valence-electron chi connectivity index (χ4n) is 3.17. The van der Waals surface area contributed by atoms with E-state index in [1.165, 1.54) is 11.8 Å². The lowest BCUT2D eigenvalue weighted by Crippen LogP contribution is -2.28. The zero-order chi connectivity index (χ0) is 22.7. The maximum Gasteiger partial charge on any atom is 0.251 e. The van der Waals surface area contributed by atoms with E-state index >= 15 is 0 Å². The molecule has 4 rings (SSSR count). The Morgan fingerprint density at radius 3 is 2.59 bits per heavy atom. The molecule has 0 fully saturated rings. The third kappa shape index (κ3) is 4.70. The van der Waals surface area contributed by atoms with Crippen LogP contribution in [0.2, 0.25) is 0 Å². The van der Waals surface area contributed by atoms with E-state index in [4.69, 9.17) is 9.47 Å². The molecular formula is C22H23N5O4S. The van der Waals surface area contributed by atoms with Crippen molar-refractivity contribution in [2.45, 2.75) is 30.3 Å². The van der Waals surface area contributed by atoms with Gasteiger partial charge in [-0.05, 0) is 38.1 Å². The maximum absolute atomic E-state index is 12.7. The van der Waals surface area contributed by atoms with Gasteiger partial charge in [0.2, 0.25) is 12.7 Å². The molecule has 2 heterocycles. The third-order valence-electron chi connectivity index (χ3n) is 4.93. The predicted octanol–water partition coefficient (Wildman–Crippen LogP) is 3.15. The van der Waals surface area contributed by atoms with Gasteiger partial charge in [-0.25, -0.2) is 0 Å². The third-order valence-corrected chi connectivity index (χ3v) is 6.06. The molecule has 2 N–H and O–H groups in total. The molecule has 2 atom stereocenters. The summed E-state index contributed by atoms with van der Waals surface area (Å²) >= 11 is 1.29. The van der Waals surface area contributed by atoms with Crippen LogP contribution >= 0.6 is 11.8 Å². The van der Waals surface area contributed by atoms with Crippen LogP contribution in [-0.4, -0.2) is 38.6 Å². The van der Waals surface area contributed by atoms with Gasteiger partial charge in [-0.3, -0.25) is 9.59 Å². The average molecular weight is 454 g/mol. The summed E-state index contributed by atoms with van der Waals surface area (Å²) in [5.41, 5.74) is 1.20. The first-order valence-corrected chi connectivity index (χ1v) is 10.9. The number of ether oxygens (including phenoxy) is 2. The summed E-state index contributed by atoms with van der Waals surface area (Å²) < 4.78 is 12.4. The molecule has 32 heavy (non-hydrogen) atoms. The number of fused-ring (bicyclic) bond motifs is 1. The Kier molecular flexibility index (Phi) is 6.31. The van der Waals surface area contributed by atoms with Gasteiger partial charge < -0.3 is 24.7 Å². The van der Waals surface area contributed by atoms with Gasteiger partial charge in [0.15, 0.2) is 22.5 Å². The Bertz CT molecular complexity index is 1130. The number of carbonyl (C=O) groups is 2. The van der Waals surface area contributed by atoms with Crippen molar-refractivity contribution in [2.75, 3.05) is 12.1 Å². The van der Waals surface area contributed by atoms with Crippen LogP contribution in [0.25, 0.3) is 0 Å². The number of hydrogen-bond donors (Lipinski definition) is 2. The quantitative estimate of drug-likeness (QED) is 0.529. The van der Waals surface area contributed by atoms with Crippen molar-refractivity contribution in [3.8, 4) is 11.5 Å². The van der Waals surface area contributed by atoms with Crippen LogP contribution in [0.15, 0.2) is 53.7 Å². The van der Waals surface area contributed by atoms with Gasteiger partial charge >= 0.3 is 0 Å². The SMILES string of the molecule is C[C@H](Sc1nnc([C@@H](C)NC(=O)c2ccccc2)n1C)C(=O)Nc1ccc2c(c1)OCO2. The molecule has 9 nitrogen and oxygen atoms in total. The molecule has 3 aromatic rings. The molecule has 2 aromatic carbocycles. The van der Waals surface area contributed by atoms with Crippen molar-refractivity contribution in [2.24, 2.45) is 7.05 Å². The molecule has 0 unspecified atom stereocenters. The first-order chi connectivity index (χ1) is 15.4. The Balaban J connectivity index is 1.37. The Hall–Kier alpha value is -3.53. The second kappa shape index (κ2) is 9.31. The minimum absolute atomic E-state index is 0.177. The Labute approximate surface area is 189 Å². The van der Waals surface area contributed by atoms with Crippen LogP contribution < -0.4 is 20.1 Å². The monoisotopic (exact) mass is 453 g/mol. The molecule has 0 bridgehead atoms. The van der Waals surface area contributed by atoms with Crippen molar-refractivity contribution < 1.29 is 19.1 Å². The molecule has 0 saturated heterocycles. The second-order valence-corrected chi connectivity index (χ2v) is 8.59. The first-order valence-electron chi connectivity index (χ1n) is 10.0. The molecule has 1 aliphatic rings. The van der Waals surface area contributed by atoms with Gasteiger partial charge in [0.25, 0.3) is 5.91 Å². The van der Waals surface area contributed by atoms with E-state index in [-0.39, 0.29) is 24.6 Å². The summed E-state index contributed by atoms with van der Waals surface area (Å²) in [6.45, 7) is 3.81. The standard InChI is InChI=1S/C22H23N5O4S/c1-13(23-21(29)15-7-5-4-6-8-15)19-25-26-22(27(19)3)32-14(2)20(28)24-16-9-10-17-18(11-16)31-12-30-17/h4-11,13-14H,12H2,1-3H3,(H,23,29)(H,24,28)/t13-,14+/m1/s1. The van der Waals surface area contributed by atoms with Crippen LogP contribution in [-0.2, 0) is 11.8 Å². The number of amides is 2. The van der Waals surface area contributed by atoms with Gasteiger partial charge in [0, 0.05) is 24.4 Å². The van der Waals surface area contributed by atoms with Crippen LogP contribution in [0.3, 0.4) is 0 Å². The summed E-state index contributed by atoms with van der Waals surface area (Å²) in [5.74, 6) is 1.49. The fraction of sp³-hybridized carbons (Fsp3) is 0.273. The average Bonchev–Trinajstić information content (AvgIpc) is 3.40. The lowest BCUT2D eigenvalue weighted by atomic mass is 10.2. The van der Waals surface area contributed by atoms with E-state index in [2.05, 4.69) is 20.8 Å². The van der Waals surface area contributed by atoms with Gasteiger partial charge in [-0.1, -0.05) is 30.0 Å². The lowest BCUT2D eigenvalue weighted by molar-refractivity contribution is -0.115. The number of nitrogens with zero attached hydrogens (tertiary/aromatic N) is 3. The van der Waals surface area contributed by atoms with Crippen LogP contribution in [0, 0.1) is 0 Å². The number of hydrogen-bond acceptors (Lipinski definition) is 7. The zero-order valence-electron chi connectivity index (χ0n) is 17.9. The minimum Gasteiger partial charge on any atom is -0.454 e. The highest BCUT2D eigenvalue weighted by Crippen LogP contribution is 2.34. The van der Waals surface area contributed by atoms with Gasteiger partial charge in [0.1, 0.15) is 0 Å². The van der Waals surface area contributed by atoms with Crippen molar-refractivity contribution in [1.82, 2.24) is 20.1 Å². The molecule has 0 spiro atoms. The molecule has 1 aliphatic heterocycles. The molecule has 0 radical (unpaired) electrons. The normalized spacial score (nSPS) is 14.0. The second-order valence-electron chi connectivity index (χ2n) is 7.28. The number of rotatable bonds is 7. The summed E-state index contributed by atoms with van der Waals surface area (Å²) in [6, 6.07) is 13.9. The van der Waals surface area contributed by atoms with E-state index in [1.54, 1.807) is 41.8 Å². The number of anilines is 1. The summed E-state index contributed by atoms with van der Waals surface area (Å²) in [5, 5.41) is 14.4. The van der Waals surface area contributed by atoms with Crippen LogP contribution in [0.4, 0.5) is 5.69 Å². The zero-order valence-corrected chi connectivity index (χ0v) is 18.7. The van der Waals surface area contributed by atoms with Crippen molar-refractivity contribution >= 4 is 29.3 Å². The van der Waals surface area contributed by atoms with Crippen LogP contribution in [0.5, 0.6) is 11.5 Å². The summed E-state index contributed by atoms with van der Waals surface area (Å²) in [4.78, 5) is 25.1. The van der Waals surface area contributed by atoms with Gasteiger partial charge in [0.05, 0.1) is 11.3 Å². The van der Waals surface area contributed by atoms with E-state index < -0.39 is 5.25 Å².